The molecule has 4 rings (SSSR count). The molecule has 0 bridgehead atoms. The van der Waals surface area contributed by atoms with Crippen LogP contribution in [0.5, 0.6) is 0 Å². The quantitative estimate of drug-likeness (QED) is 0.233. The number of carbonyl (C=O) groups excluding carboxylic acids is 1. The Balaban J connectivity index is 1.60. The van der Waals surface area contributed by atoms with Crippen molar-refractivity contribution < 1.29 is 4.79 Å². The summed E-state index contributed by atoms with van der Waals surface area (Å²) in [5, 5.41) is 4.08. The van der Waals surface area contributed by atoms with Gasteiger partial charge in [0.2, 0.25) is 0 Å². The van der Waals surface area contributed by atoms with Crippen LogP contribution in [-0.4, -0.2) is 21.0 Å². The van der Waals surface area contributed by atoms with E-state index in [1.807, 2.05) is 48.5 Å². The maximum Gasteiger partial charge on any atom is 0.319 e. The van der Waals surface area contributed by atoms with E-state index >= 15 is 0 Å². The lowest BCUT2D eigenvalue weighted by Gasteiger charge is -2.11. The van der Waals surface area contributed by atoms with Crippen molar-refractivity contribution in [1.29, 1.82) is 0 Å². The lowest BCUT2D eigenvalue weighted by atomic mass is 10.2. The Morgan fingerprint density at radius 3 is 2.48 bits per heavy atom. The first kappa shape index (κ1) is 20.8. The number of para-hydroxylation sites is 2. The third kappa shape index (κ3) is 5.01. The van der Waals surface area contributed by atoms with Gasteiger partial charge >= 0.3 is 5.24 Å². The molecule has 0 unspecified atom stereocenters. The highest BCUT2D eigenvalue weighted by molar-refractivity contribution is 9.10. The minimum absolute atomic E-state index is 0.221. The fraction of sp³-hybridized carbons (Fsp3) is 0. The van der Waals surface area contributed by atoms with Gasteiger partial charge in [-0.3, -0.25) is 14.2 Å². The number of hydrogen-bond donors (Lipinski definition) is 2. The molecule has 1 aromatic heterocycles. The SMILES string of the molecule is O=C(N/N=C/c1nc2ccccc2c(=O)n1-c1ccc(Br)cc1)SNc1ccccc1. The van der Waals surface area contributed by atoms with Crippen molar-refractivity contribution in [2.45, 2.75) is 0 Å². The van der Waals surface area contributed by atoms with Gasteiger partial charge in [-0.1, -0.05) is 46.3 Å². The largest absolute Gasteiger partial charge is 0.322 e. The van der Waals surface area contributed by atoms with Gasteiger partial charge in [0, 0.05) is 22.1 Å². The highest BCUT2D eigenvalue weighted by atomic mass is 79.9. The second-order valence-electron chi connectivity index (χ2n) is 6.33. The highest BCUT2D eigenvalue weighted by Crippen LogP contribution is 2.16. The number of carbonyl (C=O) groups is 1. The molecule has 9 heteroatoms. The van der Waals surface area contributed by atoms with Crippen molar-refractivity contribution in [1.82, 2.24) is 15.0 Å². The van der Waals surface area contributed by atoms with Gasteiger partial charge in [0.05, 0.1) is 22.8 Å². The van der Waals surface area contributed by atoms with Crippen LogP contribution in [0.25, 0.3) is 16.6 Å². The summed E-state index contributed by atoms with van der Waals surface area (Å²) in [6, 6.07) is 23.7. The van der Waals surface area contributed by atoms with Crippen LogP contribution in [0.15, 0.2) is 93.2 Å². The predicted octanol–water partition coefficient (Wildman–Crippen LogP) is 4.95. The van der Waals surface area contributed by atoms with Crippen molar-refractivity contribution in [3.8, 4) is 5.69 Å². The third-order valence-electron chi connectivity index (χ3n) is 4.26. The van der Waals surface area contributed by atoms with Gasteiger partial charge in [-0.2, -0.15) is 5.10 Å². The Morgan fingerprint density at radius 2 is 1.71 bits per heavy atom. The van der Waals surface area contributed by atoms with Crippen LogP contribution in [-0.2, 0) is 0 Å². The second-order valence-corrected chi connectivity index (χ2v) is 8.03. The fourth-order valence-corrected chi connectivity index (χ4v) is 3.56. The zero-order chi connectivity index (χ0) is 21.6. The molecule has 0 radical (unpaired) electrons. The number of fused-ring (bicyclic) bond motifs is 1. The van der Waals surface area contributed by atoms with Gasteiger partial charge in [-0.15, -0.1) is 0 Å². The molecule has 3 aromatic carbocycles. The average molecular weight is 494 g/mol. The number of hydrogen-bond acceptors (Lipinski definition) is 6. The van der Waals surface area contributed by atoms with Crippen molar-refractivity contribution in [2.24, 2.45) is 5.10 Å². The van der Waals surface area contributed by atoms with E-state index in [0.717, 1.165) is 22.1 Å². The van der Waals surface area contributed by atoms with Crippen LogP contribution < -0.4 is 15.7 Å². The van der Waals surface area contributed by atoms with E-state index in [1.54, 1.807) is 30.3 Å². The summed E-state index contributed by atoms with van der Waals surface area (Å²) in [5.74, 6) is 0.298. The summed E-state index contributed by atoms with van der Waals surface area (Å²) in [6.45, 7) is 0. The first-order valence-corrected chi connectivity index (χ1v) is 10.8. The predicted molar refractivity (Wildman–Crippen MR) is 129 cm³/mol. The van der Waals surface area contributed by atoms with Crippen molar-refractivity contribution >= 4 is 55.9 Å². The maximum absolute atomic E-state index is 13.1. The van der Waals surface area contributed by atoms with Gasteiger partial charge in [0.25, 0.3) is 5.56 Å². The number of halogens is 1. The number of nitrogens with one attached hydrogen (secondary N) is 2. The molecule has 154 valence electrons. The smallest absolute Gasteiger partial charge is 0.319 e. The monoisotopic (exact) mass is 493 g/mol. The Hall–Kier alpha value is -3.43. The summed E-state index contributed by atoms with van der Waals surface area (Å²) in [4.78, 5) is 29.8. The Kier molecular flexibility index (Phi) is 6.44. The van der Waals surface area contributed by atoms with Gasteiger partial charge in [-0.25, -0.2) is 10.4 Å². The molecule has 0 saturated heterocycles. The van der Waals surface area contributed by atoms with Crippen LogP contribution in [0.2, 0.25) is 0 Å². The van der Waals surface area contributed by atoms with Crippen LogP contribution in [0, 0.1) is 0 Å². The molecule has 4 aromatic rings. The summed E-state index contributed by atoms with van der Waals surface area (Å²) >= 11 is 4.26. The summed E-state index contributed by atoms with van der Waals surface area (Å²) in [7, 11) is 0. The number of nitrogens with zero attached hydrogens (tertiary/aromatic N) is 3. The molecule has 1 heterocycles. The first-order valence-electron chi connectivity index (χ1n) is 9.20. The Morgan fingerprint density at radius 1 is 1.00 bits per heavy atom. The first-order chi connectivity index (χ1) is 15.1. The van der Waals surface area contributed by atoms with E-state index in [2.05, 4.69) is 36.2 Å². The zero-order valence-electron chi connectivity index (χ0n) is 16.0. The number of anilines is 1. The van der Waals surface area contributed by atoms with Gasteiger partial charge in [-0.05, 0) is 48.5 Å². The minimum atomic E-state index is -0.404. The molecule has 7 nitrogen and oxygen atoms in total. The topological polar surface area (TPSA) is 88.4 Å². The molecular weight excluding hydrogens is 478 g/mol. The number of aromatic nitrogens is 2. The molecule has 0 aliphatic heterocycles. The molecule has 0 aliphatic carbocycles. The summed E-state index contributed by atoms with van der Waals surface area (Å²) in [6.07, 6.45) is 1.36. The molecule has 0 spiro atoms. The summed E-state index contributed by atoms with van der Waals surface area (Å²) in [5.41, 5.74) is 4.19. The number of benzene rings is 3. The van der Waals surface area contributed by atoms with Crippen LogP contribution >= 0.6 is 27.9 Å². The maximum atomic E-state index is 13.1. The average Bonchev–Trinajstić information content (AvgIpc) is 2.79. The number of amides is 1. The third-order valence-corrected chi connectivity index (χ3v) is 5.40. The molecule has 0 aliphatic rings. The highest BCUT2D eigenvalue weighted by Gasteiger charge is 2.11. The fourth-order valence-electron chi connectivity index (χ4n) is 2.85. The minimum Gasteiger partial charge on any atom is -0.322 e. The standard InChI is InChI=1S/C22H16BrN5O2S/c23-15-10-12-17(13-11-15)28-20(25-19-9-5-4-8-18(19)21(28)29)14-24-26-22(30)31-27-16-6-2-1-3-7-16/h1-14,27H,(H,26,30)/b24-14+. The molecule has 31 heavy (non-hydrogen) atoms. The molecule has 2 N–H and O–H groups in total. The molecule has 1 amide bonds. The van der Waals surface area contributed by atoms with E-state index in [1.165, 1.54) is 10.8 Å². The van der Waals surface area contributed by atoms with Crippen LogP contribution in [0.1, 0.15) is 5.82 Å². The second kappa shape index (κ2) is 9.59. The lowest BCUT2D eigenvalue weighted by molar-refractivity contribution is 0.261. The zero-order valence-corrected chi connectivity index (χ0v) is 18.4. The normalized spacial score (nSPS) is 11.0. The van der Waals surface area contributed by atoms with Crippen LogP contribution in [0.4, 0.5) is 10.5 Å². The van der Waals surface area contributed by atoms with E-state index in [-0.39, 0.29) is 5.56 Å². The summed E-state index contributed by atoms with van der Waals surface area (Å²) < 4.78 is 5.27. The van der Waals surface area contributed by atoms with E-state index in [0.29, 0.717) is 22.4 Å². The molecule has 0 saturated carbocycles. The lowest BCUT2D eigenvalue weighted by Crippen LogP contribution is -2.24. The van der Waals surface area contributed by atoms with E-state index in [9.17, 15) is 9.59 Å². The van der Waals surface area contributed by atoms with Gasteiger partial charge in [0.1, 0.15) is 0 Å². The number of hydrazone groups is 1. The van der Waals surface area contributed by atoms with E-state index in [4.69, 9.17) is 0 Å². The van der Waals surface area contributed by atoms with Gasteiger partial charge in [0.15, 0.2) is 5.82 Å². The van der Waals surface area contributed by atoms with Gasteiger partial charge < -0.3 is 4.72 Å². The molecule has 0 atom stereocenters. The molecular formula is C22H16BrN5O2S. The van der Waals surface area contributed by atoms with Crippen molar-refractivity contribution in [3.05, 3.63) is 99.5 Å². The van der Waals surface area contributed by atoms with Crippen molar-refractivity contribution in [3.63, 3.8) is 0 Å². The molecule has 0 fully saturated rings. The van der Waals surface area contributed by atoms with Crippen molar-refractivity contribution in [2.75, 3.05) is 4.72 Å². The Labute approximate surface area is 190 Å². The van der Waals surface area contributed by atoms with Crippen LogP contribution in [0.3, 0.4) is 0 Å². The Bertz CT molecular complexity index is 1310. The van der Waals surface area contributed by atoms with E-state index < -0.39 is 5.24 Å². The number of rotatable bonds is 5.